The summed E-state index contributed by atoms with van der Waals surface area (Å²) in [6.07, 6.45) is 22.4. The van der Waals surface area contributed by atoms with Crippen molar-refractivity contribution in [2.45, 2.75) is 110 Å². The van der Waals surface area contributed by atoms with E-state index in [0.29, 0.717) is 6.16 Å². The third kappa shape index (κ3) is 20.4. The summed E-state index contributed by atoms with van der Waals surface area (Å²) in [5.74, 6) is 0. The minimum absolute atomic E-state index is 0.605. The Kier molecular flexibility index (Phi) is 18.7. The van der Waals surface area contributed by atoms with E-state index in [-0.39, 0.29) is 0 Å². The van der Waals surface area contributed by atoms with Gasteiger partial charge in [-0.3, -0.25) is 0 Å². The normalized spacial score (nSPS) is 11.4. The fourth-order valence-corrected chi connectivity index (χ4v) is 3.31. The molecular formula is C18H39O2P. The smallest absolute Gasteiger partial charge is 0.164 e. The van der Waals surface area contributed by atoms with E-state index in [1.54, 1.807) is 0 Å². The lowest BCUT2D eigenvalue weighted by molar-refractivity contribution is 0.477. The van der Waals surface area contributed by atoms with Crippen LogP contribution in [0.1, 0.15) is 110 Å². The Morgan fingerprint density at radius 1 is 0.476 bits per heavy atom. The lowest BCUT2D eigenvalue weighted by Gasteiger charge is -2.04. The van der Waals surface area contributed by atoms with E-state index >= 15 is 0 Å². The maximum atomic E-state index is 8.79. The summed E-state index contributed by atoms with van der Waals surface area (Å²) in [4.78, 5) is 17.6. The summed E-state index contributed by atoms with van der Waals surface area (Å²) in [6, 6.07) is 0. The van der Waals surface area contributed by atoms with Gasteiger partial charge in [-0.25, -0.2) is 0 Å². The number of hydrogen-bond acceptors (Lipinski definition) is 2. The second-order valence-electron chi connectivity index (χ2n) is 6.40. The Bertz CT molecular complexity index is 186. The zero-order valence-corrected chi connectivity index (χ0v) is 15.3. The fourth-order valence-electron chi connectivity index (χ4n) is 2.80. The van der Waals surface area contributed by atoms with E-state index in [1.165, 1.54) is 89.9 Å². The van der Waals surface area contributed by atoms with Crippen LogP contribution in [0.15, 0.2) is 0 Å². The molecule has 0 spiro atoms. The molecule has 3 heteroatoms. The summed E-state index contributed by atoms with van der Waals surface area (Å²) in [5, 5.41) is 0. The molecule has 0 aromatic carbocycles. The van der Waals surface area contributed by atoms with Crippen molar-refractivity contribution in [3.05, 3.63) is 0 Å². The highest BCUT2D eigenvalue weighted by Crippen LogP contribution is 2.24. The van der Waals surface area contributed by atoms with Crippen molar-refractivity contribution in [3.8, 4) is 0 Å². The zero-order valence-electron chi connectivity index (χ0n) is 14.4. The minimum atomic E-state index is -1.64. The van der Waals surface area contributed by atoms with Crippen molar-refractivity contribution in [3.63, 3.8) is 0 Å². The molecule has 0 bridgehead atoms. The Morgan fingerprint density at radius 3 is 1.05 bits per heavy atom. The van der Waals surface area contributed by atoms with E-state index in [2.05, 4.69) is 6.92 Å². The summed E-state index contributed by atoms with van der Waals surface area (Å²) >= 11 is 0. The van der Waals surface area contributed by atoms with Gasteiger partial charge < -0.3 is 9.79 Å². The molecule has 2 N–H and O–H groups in total. The summed E-state index contributed by atoms with van der Waals surface area (Å²) < 4.78 is 0. The van der Waals surface area contributed by atoms with Crippen LogP contribution in [0.25, 0.3) is 0 Å². The number of rotatable bonds is 17. The highest BCUT2D eigenvalue weighted by molar-refractivity contribution is 7.45. The van der Waals surface area contributed by atoms with E-state index in [4.69, 9.17) is 9.79 Å². The second kappa shape index (κ2) is 18.4. The molecule has 0 atom stereocenters. The van der Waals surface area contributed by atoms with Crippen LogP contribution in [0.4, 0.5) is 0 Å². The van der Waals surface area contributed by atoms with Crippen molar-refractivity contribution >= 4 is 8.38 Å². The quantitative estimate of drug-likeness (QED) is 0.236. The predicted molar refractivity (Wildman–Crippen MR) is 95.8 cm³/mol. The molecular weight excluding hydrogens is 279 g/mol. The predicted octanol–water partition coefficient (Wildman–Crippen LogP) is 6.54. The maximum absolute atomic E-state index is 8.79. The standard InChI is InChI=1S/C18H39O2P/c1-2-3-4-5-6-7-8-9-10-11-12-13-14-15-16-17-18-21(19)20/h19-20H,2-18H2,1H3. The molecule has 21 heavy (non-hydrogen) atoms. The van der Waals surface area contributed by atoms with Crippen molar-refractivity contribution in [1.82, 2.24) is 0 Å². The molecule has 0 amide bonds. The van der Waals surface area contributed by atoms with Gasteiger partial charge in [0.2, 0.25) is 0 Å². The van der Waals surface area contributed by atoms with Crippen LogP contribution < -0.4 is 0 Å². The van der Waals surface area contributed by atoms with E-state index in [1.807, 2.05) is 0 Å². The Labute approximate surface area is 134 Å². The molecule has 0 fully saturated rings. The summed E-state index contributed by atoms with van der Waals surface area (Å²) in [6.45, 7) is 2.28. The fraction of sp³-hybridized carbons (Fsp3) is 1.00. The molecule has 128 valence electrons. The van der Waals surface area contributed by atoms with Crippen molar-refractivity contribution in [2.75, 3.05) is 6.16 Å². The molecule has 0 aromatic rings. The number of hydrogen-bond donors (Lipinski definition) is 2. The first kappa shape index (κ1) is 21.4. The largest absolute Gasteiger partial charge is 0.350 e. The van der Waals surface area contributed by atoms with Gasteiger partial charge in [-0.2, -0.15) is 0 Å². The molecule has 0 heterocycles. The van der Waals surface area contributed by atoms with Crippen molar-refractivity contribution in [1.29, 1.82) is 0 Å². The van der Waals surface area contributed by atoms with Gasteiger partial charge in [-0.1, -0.05) is 103 Å². The van der Waals surface area contributed by atoms with E-state index in [9.17, 15) is 0 Å². The van der Waals surface area contributed by atoms with Gasteiger partial charge in [-0.05, 0) is 6.42 Å². The topological polar surface area (TPSA) is 40.5 Å². The second-order valence-corrected chi connectivity index (χ2v) is 7.59. The van der Waals surface area contributed by atoms with Gasteiger partial charge in [0.05, 0.1) is 0 Å². The van der Waals surface area contributed by atoms with Crippen molar-refractivity contribution in [2.24, 2.45) is 0 Å². The van der Waals surface area contributed by atoms with Crippen LogP contribution in [0.2, 0.25) is 0 Å². The van der Waals surface area contributed by atoms with Crippen LogP contribution in [-0.4, -0.2) is 15.9 Å². The van der Waals surface area contributed by atoms with Gasteiger partial charge in [0.1, 0.15) is 0 Å². The number of unbranched alkanes of at least 4 members (excludes halogenated alkanes) is 15. The maximum Gasteiger partial charge on any atom is 0.164 e. The van der Waals surface area contributed by atoms with Crippen LogP contribution in [0.3, 0.4) is 0 Å². The Balaban J connectivity index is 2.93. The highest BCUT2D eigenvalue weighted by Gasteiger charge is 1.98. The molecule has 0 aliphatic heterocycles. The van der Waals surface area contributed by atoms with Crippen LogP contribution in [0.5, 0.6) is 0 Å². The molecule has 0 radical (unpaired) electrons. The average molecular weight is 318 g/mol. The van der Waals surface area contributed by atoms with Gasteiger partial charge in [0.25, 0.3) is 0 Å². The SMILES string of the molecule is CCCCCCCCCCCCCCCCCCP(O)O. The van der Waals surface area contributed by atoms with Gasteiger partial charge in [0, 0.05) is 6.16 Å². The first-order valence-corrected chi connectivity index (χ1v) is 10.9. The average Bonchev–Trinajstić information content (AvgIpc) is 2.46. The van der Waals surface area contributed by atoms with E-state index < -0.39 is 8.38 Å². The molecule has 0 aliphatic rings. The lowest BCUT2D eigenvalue weighted by atomic mass is 10.0. The van der Waals surface area contributed by atoms with Crippen LogP contribution in [0, 0.1) is 0 Å². The molecule has 0 unspecified atom stereocenters. The Morgan fingerprint density at radius 2 is 0.762 bits per heavy atom. The van der Waals surface area contributed by atoms with Gasteiger partial charge >= 0.3 is 0 Å². The molecule has 0 aromatic heterocycles. The molecule has 0 saturated heterocycles. The Hall–Kier alpha value is 0.350. The molecule has 2 nitrogen and oxygen atoms in total. The highest BCUT2D eigenvalue weighted by atomic mass is 31.2. The van der Waals surface area contributed by atoms with Gasteiger partial charge in [0.15, 0.2) is 8.38 Å². The van der Waals surface area contributed by atoms with Crippen LogP contribution in [-0.2, 0) is 0 Å². The summed E-state index contributed by atoms with van der Waals surface area (Å²) in [7, 11) is -1.64. The third-order valence-electron chi connectivity index (χ3n) is 4.21. The lowest BCUT2D eigenvalue weighted by Crippen LogP contribution is -1.85. The van der Waals surface area contributed by atoms with E-state index in [0.717, 1.165) is 12.8 Å². The summed E-state index contributed by atoms with van der Waals surface area (Å²) in [5.41, 5.74) is 0. The van der Waals surface area contributed by atoms with Crippen molar-refractivity contribution < 1.29 is 9.79 Å². The monoisotopic (exact) mass is 318 g/mol. The third-order valence-corrected chi connectivity index (χ3v) is 4.93. The first-order valence-electron chi connectivity index (χ1n) is 9.42. The zero-order chi connectivity index (χ0) is 15.6. The van der Waals surface area contributed by atoms with Crippen LogP contribution >= 0.6 is 8.38 Å². The molecule has 0 rings (SSSR count). The molecule has 0 saturated carbocycles. The minimum Gasteiger partial charge on any atom is -0.350 e. The first-order chi connectivity index (χ1) is 10.3. The molecule has 0 aliphatic carbocycles. The van der Waals surface area contributed by atoms with Gasteiger partial charge in [-0.15, -0.1) is 0 Å².